The number of anilines is 1. The van der Waals surface area contributed by atoms with Crippen LogP contribution < -0.4 is 5.32 Å². The summed E-state index contributed by atoms with van der Waals surface area (Å²) in [4.78, 5) is 23.0. The maximum Gasteiger partial charge on any atom is 0.320 e. The third-order valence-corrected chi connectivity index (χ3v) is 4.76. The molecule has 1 amide bonds. The Hall–Kier alpha value is -2.91. The second-order valence-electron chi connectivity index (χ2n) is 6.01. The molecule has 0 aliphatic rings. The summed E-state index contributed by atoms with van der Waals surface area (Å²) < 4.78 is 3.01. The molecule has 146 valence electrons. The molecule has 0 fully saturated rings. The largest absolute Gasteiger partial charge is 0.320 e. The Kier molecular flexibility index (Phi) is 5.66. The SMILES string of the molecule is CCn1cc([N+](=O)[O-])c(C(=O)Nc2cc(C)n(Cc3ccc(Cl)c(Cl)c3)n2)n1. The molecule has 0 saturated carbocycles. The summed E-state index contributed by atoms with van der Waals surface area (Å²) in [5.74, 6) is -0.430. The Morgan fingerprint density at radius 1 is 1.25 bits per heavy atom. The summed E-state index contributed by atoms with van der Waals surface area (Å²) in [6, 6.07) is 6.93. The first-order valence-corrected chi connectivity index (χ1v) is 9.05. The Balaban J connectivity index is 1.80. The molecule has 1 N–H and O–H groups in total. The van der Waals surface area contributed by atoms with Crippen LogP contribution >= 0.6 is 23.2 Å². The van der Waals surface area contributed by atoms with Gasteiger partial charge in [-0.15, -0.1) is 0 Å². The second kappa shape index (κ2) is 7.99. The number of rotatable bonds is 6. The number of carbonyl (C=O) groups excluding carboxylic acids is 1. The minimum atomic E-state index is -0.696. The Bertz CT molecular complexity index is 1060. The normalized spacial score (nSPS) is 10.9. The van der Waals surface area contributed by atoms with Crippen LogP contribution in [-0.4, -0.2) is 30.4 Å². The molecule has 0 radical (unpaired) electrons. The topological polar surface area (TPSA) is 108 Å². The van der Waals surface area contributed by atoms with E-state index in [0.29, 0.717) is 23.1 Å². The van der Waals surface area contributed by atoms with Crippen molar-refractivity contribution in [1.29, 1.82) is 0 Å². The zero-order valence-corrected chi connectivity index (χ0v) is 16.5. The van der Waals surface area contributed by atoms with Crippen LogP contribution in [0.1, 0.15) is 28.7 Å². The van der Waals surface area contributed by atoms with Crippen molar-refractivity contribution in [2.24, 2.45) is 0 Å². The smallest absolute Gasteiger partial charge is 0.303 e. The molecule has 0 spiro atoms. The number of hydrogen-bond donors (Lipinski definition) is 1. The lowest BCUT2D eigenvalue weighted by Gasteiger charge is -2.06. The molecule has 0 aliphatic heterocycles. The number of nitro groups is 1. The zero-order chi connectivity index (χ0) is 20.4. The van der Waals surface area contributed by atoms with Crippen LogP contribution in [0.15, 0.2) is 30.5 Å². The molecule has 28 heavy (non-hydrogen) atoms. The fourth-order valence-corrected chi connectivity index (χ4v) is 2.91. The lowest BCUT2D eigenvalue weighted by Crippen LogP contribution is -2.15. The second-order valence-corrected chi connectivity index (χ2v) is 6.82. The van der Waals surface area contributed by atoms with E-state index in [9.17, 15) is 14.9 Å². The zero-order valence-electron chi connectivity index (χ0n) is 15.0. The van der Waals surface area contributed by atoms with Crippen molar-refractivity contribution in [3.63, 3.8) is 0 Å². The lowest BCUT2D eigenvalue weighted by molar-refractivity contribution is -0.385. The molecule has 3 aromatic rings. The number of halogens is 2. The van der Waals surface area contributed by atoms with Crippen LogP contribution in [-0.2, 0) is 13.1 Å². The van der Waals surface area contributed by atoms with Crippen LogP contribution in [0.2, 0.25) is 10.0 Å². The van der Waals surface area contributed by atoms with Gasteiger partial charge in [-0.25, -0.2) is 0 Å². The lowest BCUT2D eigenvalue weighted by atomic mass is 10.2. The number of carbonyl (C=O) groups is 1. The van der Waals surface area contributed by atoms with E-state index in [2.05, 4.69) is 15.5 Å². The van der Waals surface area contributed by atoms with Gasteiger partial charge in [-0.05, 0) is 31.5 Å². The first kappa shape index (κ1) is 19.8. The predicted octanol–water partition coefficient (Wildman–Crippen LogP) is 3.92. The molecule has 11 heteroatoms. The molecule has 2 aromatic heterocycles. The van der Waals surface area contributed by atoms with Gasteiger partial charge in [0.2, 0.25) is 5.69 Å². The van der Waals surface area contributed by atoms with Crippen LogP contribution in [0.3, 0.4) is 0 Å². The van der Waals surface area contributed by atoms with Gasteiger partial charge in [-0.2, -0.15) is 10.2 Å². The van der Waals surface area contributed by atoms with Gasteiger partial charge in [0, 0.05) is 18.3 Å². The Morgan fingerprint density at radius 2 is 2.00 bits per heavy atom. The van der Waals surface area contributed by atoms with E-state index in [1.54, 1.807) is 29.8 Å². The average molecular weight is 423 g/mol. The molecule has 0 atom stereocenters. The molecule has 0 unspecified atom stereocenters. The van der Waals surface area contributed by atoms with E-state index in [-0.39, 0.29) is 17.2 Å². The van der Waals surface area contributed by atoms with E-state index in [0.717, 1.165) is 11.3 Å². The molecule has 0 aliphatic carbocycles. The summed E-state index contributed by atoms with van der Waals surface area (Å²) in [6.07, 6.45) is 1.23. The van der Waals surface area contributed by atoms with E-state index >= 15 is 0 Å². The summed E-state index contributed by atoms with van der Waals surface area (Å²) in [7, 11) is 0. The van der Waals surface area contributed by atoms with Gasteiger partial charge in [-0.3, -0.25) is 24.3 Å². The first-order valence-electron chi connectivity index (χ1n) is 8.30. The van der Waals surface area contributed by atoms with Gasteiger partial charge >= 0.3 is 5.69 Å². The summed E-state index contributed by atoms with van der Waals surface area (Å²) >= 11 is 12.0. The van der Waals surface area contributed by atoms with E-state index < -0.39 is 10.8 Å². The quantitative estimate of drug-likeness (QED) is 0.478. The third kappa shape index (κ3) is 4.15. The van der Waals surface area contributed by atoms with E-state index in [4.69, 9.17) is 23.2 Å². The Morgan fingerprint density at radius 3 is 2.64 bits per heavy atom. The van der Waals surface area contributed by atoms with Gasteiger partial charge in [0.25, 0.3) is 5.91 Å². The minimum absolute atomic E-state index is 0.261. The highest BCUT2D eigenvalue weighted by atomic mass is 35.5. The molecular formula is C17H16Cl2N6O3. The maximum atomic E-state index is 12.5. The van der Waals surface area contributed by atoms with Crippen molar-refractivity contribution in [1.82, 2.24) is 19.6 Å². The summed E-state index contributed by atoms with van der Waals surface area (Å²) in [5.41, 5.74) is 1.06. The number of amides is 1. The van der Waals surface area contributed by atoms with Crippen LogP contribution in [0.5, 0.6) is 0 Å². The van der Waals surface area contributed by atoms with Crippen molar-refractivity contribution in [3.05, 3.63) is 67.6 Å². The van der Waals surface area contributed by atoms with Crippen LogP contribution in [0.4, 0.5) is 11.5 Å². The molecule has 0 saturated heterocycles. The number of aromatic nitrogens is 4. The van der Waals surface area contributed by atoms with Crippen LogP contribution in [0.25, 0.3) is 0 Å². The highest BCUT2D eigenvalue weighted by molar-refractivity contribution is 6.42. The van der Waals surface area contributed by atoms with Gasteiger partial charge < -0.3 is 5.32 Å². The fourth-order valence-electron chi connectivity index (χ4n) is 2.59. The van der Waals surface area contributed by atoms with Crippen molar-refractivity contribution in [3.8, 4) is 0 Å². The van der Waals surface area contributed by atoms with Gasteiger partial charge in [-0.1, -0.05) is 29.3 Å². The van der Waals surface area contributed by atoms with Crippen molar-refractivity contribution < 1.29 is 9.72 Å². The van der Waals surface area contributed by atoms with Crippen molar-refractivity contribution >= 4 is 40.6 Å². The summed E-state index contributed by atoms with van der Waals surface area (Å²) in [5, 5.41) is 22.9. The molecule has 1 aromatic carbocycles. The average Bonchev–Trinajstić information content (AvgIpc) is 3.22. The molecule has 0 bridgehead atoms. The number of nitrogens with one attached hydrogen (secondary N) is 1. The Labute approximate surface area is 170 Å². The number of aryl methyl sites for hydroxylation is 2. The maximum absolute atomic E-state index is 12.5. The number of hydrogen-bond acceptors (Lipinski definition) is 5. The summed E-state index contributed by atoms with van der Waals surface area (Å²) in [6.45, 7) is 4.43. The number of benzene rings is 1. The van der Waals surface area contributed by atoms with Gasteiger partial charge in [0.05, 0.1) is 21.5 Å². The van der Waals surface area contributed by atoms with Crippen molar-refractivity contribution in [2.45, 2.75) is 26.9 Å². The van der Waals surface area contributed by atoms with Crippen LogP contribution in [0, 0.1) is 17.0 Å². The predicted molar refractivity (Wildman–Crippen MR) is 105 cm³/mol. The third-order valence-electron chi connectivity index (χ3n) is 4.02. The van der Waals surface area contributed by atoms with E-state index in [1.807, 2.05) is 13.0 Å². The van der Waals surface area contributed by atoms with Gasteiger partial charge in [0.1, 0.15) is 6.20 Å². The minimum Gasteiger partial charge on any atom is -0.303 e. The van der Waals surface area contributed by atoms with E-state index in [1.165, 1.54) is 10.9 Å². The number of nitrogens with zero attached hydrogens (tertiary/aromatic N) is 5. The fraction of sp³-hybridized carbons (Fsp3) is 0.235. The van der Waals surface area contributed by atoms with Crippen molar-refractivity contribution in [2.75, 3.05) is 5.32 Å². The highest BCUT2D eigenvalue weighted by Gasteiger charge is 2.26. The molecular weight excluding hydrogens is 407 g/mol. The standard InChI is InChI=1S/C17H16Cl2N6O3/c1-3-23-9-14(25(27)28)16(22-23)17(26)20-15-6-10(2)24(21-15)8-11-4-5-12(18)13(19)7-11/h4-7,9H,3,8H2,1-2H3,(H,20,21,26). The highest BCUT2D eigenvalue weighted by Crippen LogP contribution is 2.24. The molecule has 9 nitrogen and oxygen atoms in total. The molecule has 3 rings (SSSR count). The first-order chi connectivity index (χ1) is 13.3. The monoisotopic (exact) mass is 422 g/mol. The van der Waals surface area contributed by atoms with Gasteiger partial charge in [0.15, 0.2) is 5.82 Å². The molecule has 2 heterocycles.